The number of pyridine rings is 1. The Hall–Kier alpha value is -2.33. The van der Waals surface area contributed by atoms with Crippen LogP contribution in [-0.2, 0) is 4.74 Å². The molecule has 1 heterocycles. The summed E-state index contributed by atoms with van der Waals surface area (Å²) in [6.07, 6.45) is 2.66. The van der Waals surface area contributed by atoms with E-state index < -0.39 is 5.97 Å². The minimum Gasteiger partial charge on any atom is -0.507 e. The van der Waals surface area contributed by atoms with Gasteiger partial charge in [-0.25, -0.2) is 9.78 Å². The molecule has 5 heteroatoms. The first-order valence-electron chi connectivity index (χ1n) is 8.37. The normalized spacial score (nSPS) is 14.0. The Labute approximate surface area is 152 Å². The van der Waals surface area contributed by atoms with Crippen molar-refractivity contribution >= 4 is 28.7 Å². The molecule has 0 spiro atoms. The van der Waals surface area contributed by atoms with E-state index in [-0.39, 0.29) is 5.75 Å². The molecule has 0 fully saturated rings. The van der Waals surface area contributed by atoms with Gasteiger partial charge in [-0.05, 0) is 74.1 Å². The molecule has 1 aliphatic rings. The van der Waals surface area contributed by atoms with Gasteiger partial charge >= 0.3 is 5.97 Å². The fourth-order valence-corrected chi connectivity index (χ4v) is 3.35. The number of carbonyl (C=O) groups is 1. The highest BCUT2D eigenvalue weighted by atomic mass is 35.5. The van der Waals surface area contributed by atoms with Gasteiger partial charge in [-0.3, -0.25) is 0 Å². The predicted molar refractivity (Wildman–Crippen MR) is 98.7 cm³/mol. The molecule has 1 aliphatic carbocycles. The first-order chi connectivity index (χ1) is 12.0. The average molecular weight is 358 g/mol. The van der Waals surface area contributed by atoms with Gasteiger partial charge in [-0.2, -0.15) is 0 Å². The topological polar surface area (TPSA) is 59.4 Å². The zero-order valence-electron chi connectivity index (χ0n) is 14.3. The van der Waals surface area contributed by atoms with Crippen molar-refractivity contribution in [1.82, 2.24) is 4.98 Å². The van der Waals surface area contributed by atoms with Gasteiger partial charge in [0.2, 0.25) is 0 Å². The molecule has 1 aromatic heterocycles. The number of halogens is 1. The van der Waals surface area contributed by atoms with Gasteiger partial charge in [0, 0.05) is 10.6 Å². The largest absolute Gasteiger partial charge is 0.507 e. The second-order valence-electron chi connectivity index (χ2n) is 6.05. The number of benzene rings is 1. The highest BCUT2D eigenvalue weighted by Crippen LogP contribution is 2.42. The molecule has 0 unspecified atom stereocenters. The summed E-state index contributed by atoms with van der Waals surface area (Å²) in [5, 5.41) is 10.8. The minimum atomic E-state index is -0.410. The minimum absolute atomic E-state index is 0.205. The van der Waals surface area contributed by atoms with Gasteiger partial charge in [-0.1, -0.05) is 17.7 Å². The number of nitrogens with zero attached hydrogens (tertiary/aromatic N) is 1. The number of ether oxygens (including phenoxy) is 1. The van der Waals surface area contributed by atoms with E-state index in [1.54, 1.807) is 25.1 Å². The van der Waals surface area contributed by atoms with Crippen molar-refractivity contribution in [2.24, 2.45) is 0 Å². The maximum atomic E-state index is 12.1. The first-order valence-corrected chi connectivity index (χ1v) is 8.75. The number of aromatic nitrogens is 1. The standard InChI is InChI=1S/C20H20ClNO3/c1-3-25-20(24)19-12(2)7-9-17(22-19)15-6-4-5-14(15)16-11-13(21)8-10-18(16)23/h7-11,23H,3-6H2,1-2H3. The maximum Gasteiger partial charge on any atom is 0.357 e. The van der Waals surface area contributed by atoms with Crippen LogP contribution in [-0.4, -0.2) is 22.7 Å². The summed E-state index contributed by atoms with van der Waals surface area (Å²) in [4.78, 5) is 16.7. The SMILES string of the molecule is CCOC(=O)c1nc(C2=C(c3cc(Cl)ccc3O)CCC2)ccc1C. The van der Waals surface area contributed by atoms with Gasteiger partial charge in [0.15, 0.2) is 5.69 Å². The van der Waals surface area contributed by atoms with Gasteiger partial charge in [0.05, 0.1) is 12.3 Å². The van der Waals surface area contributed by atoms with E-state index in [1.807, 2.05) is 19.1 Å². The van der Waals surface area contributed by atoms with Crippen LogP contribution in [0.2, 0.25) is 5.02 Å². The highest BCUT2D eigenvalue weighted by Gasteiger charge is 2.22. The molecular weight excluding hydrogens is 338 g/mol. The molecule has 0 bridgehead atoms. The third-order valence-corrected chi connectivity index (χ3v) is 4.61. The van der Waals surface area contributed by atoms with Crippen LogP contribution < -0.4 is 0 Å². The number of hydrogen-bond acceptors (Lipinski definition) is 4. The molecule has 0 radical (unpaired) electrons. The van der Waals surface area contributed by atoms with Crippen molar-refractivity contribution in [1.29, 1.82) is 0 Å². The Morgan fingerprint density at radius 2 is 2.00 bits per heavy atom. The number of phenols is 1. The lowest BCUT2D eigenvalue weighted by molar-refractivity contribution is 0.0518. The molecule has 3 rings (SSSR count). The highest BCUT2D eigenvalue weighted by molar-refractivity contribution is 6.30. The molecule has 0 amide bonds. The Balaban J connectivity index is 2.09. The van der Waals surface area contributed by atoms with E-state index in [0.717, 1.165) is 47.2 Å². The molecule has 25 heavy (non-hydrogen) atoms. The molecule has 0 aliphatic heterocycles. The van der Waals surface area contributed by atoms with E-state index in [4.69, 9.17) is 16.3 Å². The van der Waals surface area contributed by atoms with Crippen molar-refractivity contribution < 1.29 is 14.6 Å². The molecule has 0 saturated carbocycles. The number of hydrogen-bond donors (Lipinski definition) is 1. The van der Waals surface area contributed by atoms with Crippen LogP contribution in [0.4, 0.5) is 0 Å². The fraction of sp³-hybridized carbons (Fsp3) is 0.300. The molecule has 2 aromatic rings. The quantitative estimate of drug-likeness (QED) is 0.780. The summed E-state index contributed by atoms with van der Waals surface area (Å²) >= 11 is 6.10. The summed E-state index contributed by atoms with van der Waals surface area (Å²) in [6, 6.07) is 8.85. The monoisotopic (exact) mass is 357 g/mol. The number of allylic oxidation sites excluding steroid dienone is 2. The number of aryl methyl sites for hydroxylation is 1. The second kappa shape index (κ2) is 7.28. The molecular formula is C20H20ClNO3. The Morgan fingerprint density at radius 3 is 2.76 bits per heavy atom. The fourth-order valence-electron chi connectivity index (χ4n) is 3.18. The van der Waals surface area contributed by atoms with Crippen LogP contribution in [0.3, 0.4) is 0 Å². The van der Waals surface area contributed by atoms with Crippen LogP contribution in [0.15, 0.2) is 30.3 Å². The number of rotatable bonds is 4. The van der Waals surface area contributed by atoms with Crippen LogP contribution in [0.25, 0.3) is 11.1 Å². The van der Waals surface area contributed by atoms with Gasteiger partial charge in [0.25, 0.3) is 0 Å². The molecule has 1 aromatic carbocycles. The van der Waals surface area contributed by atoms with Crippen LogP contribution in [0.5, 0.6) is 5.75 Å². The molecule has 130 valence electrons. The lowest BCUT2D eigenvalue weighted by Crippen LogP contribution is -2.10. The first kappa shape index (κ1) is 17.5. The lowest BCUT2D eigenvalue weighted by Gasteiger charge is -2.12. The third-order valence-electron chi connectivity index (χ3n) is 4.38. The summed E-state index contributed by atoms with van der Waals surface area (Å²) < 4.78 is 5.10. The summed E-state index contributed by atoms with van der Waals surface area (Å²) in [5.41, 5.74) is 4.69. The van der Waals surface area contributed by atoms with Crippen LogP contribution in [0.1, 0.15) is 53.5 Å². The second-order valence-corrected chi connectivity index (χ2v) is 6.49. The van der Waals surface area contributed by atoms with E-state index in [9.17, 15) is 9.90 Å². The van der Waals surface area contributed by atoms with Gasteiger partial charge in [0.1, 0.15) is 5.75 Å². The van der Waals surface area contributed by atoms with Gasteiger partial charge in [-0.15, -0.1) is 0 Å². The molecule has 1 N–H and O–H groups in total. The summed E-state index contributed by atoms with van der Waals surface area (Å²) in [6.45, 7) is 3.93. The lowest BCUT2D eigenvalue weighted by atomic mass is 9.98. The zero-order chi connectivity index (χ0) is 18.0. The third kappa shape index (κ3) is 3.54. The molecule has 0 saturated heterocycles. The van der Waals surface area contributed by atoms with Crippen LogP contribution in [0, 0.1) is 6.92 Å². The smallest absolute Gasteiger partial charge is 0.357 e. The number of aromatic hydroxyl groups is 1. The number of phenolic OH excluding ortho intramolecular Hbond substituents is 1. The van der Waals surface area contributed by atoms with Crippen molar-refractivity contribution in [2.45, 2.75) is 33.1 Å². The average Bonchev–Trinajstić information content (AvgIpc) is 3.07. The summed E-state index contributed by atoms with van der Waals surface area (Å²) in [5.74, 6) is -0.205. The molecule has 4 nitrogen and oxygen atoms in total. The number of esters is 1. The van der Waals surface area contributed by atoms with Crippen molar-refractivity contribution in [3.8, 4) is 5.75 Å². The Kier molecular flexibility index (Phi) is 5.09. The van der Waals surface area contributed by atoms with Gasteiger partial charge < -0.3 is 9.84 Å². The maximum absolute atomic E-state index is 12.1. The van der Waals surface area contributed by atoms with E-state index in [0.29, 0.717) is 17.3 Å². The van der Waals surface area contributed by atoms with E-state index in [2.05, 4.69) is 4.98 Å². The number of carbonyl (C=O) groups excluding carboxylic acids is 1. The Morgan fingerprint density at radius 1 is 1.24 bits per heavy atom. The zero-order valence-corrected chi connectivity index (χ0v) is 15.1. The van der Waals surface area contributed by atoms with Crippen molar-refractivity contribution in [3.05, 3.63) is 57.9 Å². The van der Waals surface area contributed by atoms with E-state index >= 15 is 0 Å². The van der Waals surface area contributed by atoms with Crippen LogP contribution >= 0.6 is 11.6 Å². The van der Waals surface area contributed by atoms with E-state index in [1.165, 1.54) is 0 Å². The summed E-state index contributed by atoms with van der Waals surface area (Å²) in [7, 11) is 0. The van der Waals surface area contributed by atoms with Crippen molar-refractivity contribution in [2.75, 3.05) is 6.61 Å². The van der Waals surface area contributed by atoms with Crippen molar-refractivity contribution in [3.63, 3.8) is 0 Å². The predicted octanol–water partition coefficient (Wildman–Crippen LogP) is 5.02. The molecule has 0 atom stereocenters. The Bertz CT molecular complexity index is 858.